The standard InChI is InChI=1S/C40H69N5O7SSi3/c1-25-21-26(2)33(27(3)22-25)53(46,47)50-35-30-34(43-37(44-35)42-28-19-20-28)45(24-41-30)36-32(52-56(17,18)40(10,11)12)31(51-55(15,16)39(7,8)9)29(49-36)23-48-54(13,14)38(4,5)6/h21-22,24,28-29,31-32,36H,19-20,23H2,1-18H3,(H,42,43,44)/t29-,31-,32-,36-/m1/s1. The van der Waals surface area contributed by atoms with Crippen LogP contribution in [0.4, 0.5) is 5.95 Å². The summed E-state index contributed by atoms with van der Waals surface area (Å²) in [5.41, 5.74) is 2.73. The molecule has 0 spiro atoms. The summed E-state index contributed by atoms with van der Waals surface area (Å²) in [5.74, 6) is 0.110. The Balaban J connectivity index is 1.68. The number of rotatable bonds is 13. The second-order valence-electron chi connectivity index (χ2n) is 20.7. The van der Waals surface area contributed by atoms with E-state index in [-0.39, 0.29) is 43.4 Å². The number of imidazole rings is 1. The number of ether oxygens (including phenoxy) is 1. The van der Waals surface area contributed by atoms with Gasteiger partial charge in [0.1, 0.15) is 23.2 Å². The van der Waals surface area contributed by atoms with E-state index in [1.165, 1.54) is 0 Å². The summed E-state index contributed by atoms with van der Waals surface area (Å²) in [6.45, 7) is 39.4. The van der Waals surface area contributed by atoms with E-state index < -0.39 is 59.6 Å². The average molecular weight is 848 g/mol. The van der Waals surface area contributed by atoms with Gasteiger partial charge in [-0.15, -0.1) is 0 Å². The summed E-state index contributed by atoms with van der Waals surface area (Å²) < 4.78 is 64.6. The van der Waals surface area contributed by atoms with E-state index in [4.69, 9.17) is 32.2 Å². The van der Waals surface area contributed by atoms with Crippen molar-refractivity contribution in [1.29, 1.82) is 0 Å². The molecule has 4 atom stereocenters. The molecule has 56 heavy (non-hydrogen) atoms. The SMILES string of the molecule is Cc1cc(C)c(S(=O)(=O)Oc2nc(NC3CC3)nc3c2ncn3[C@@H]2O[C@H](CO[Si](C)(C)C(C)(C)C)[C@@H](O[Si](C)(C)C(C)(C)C)[C@H]2O[Si](C)(C)C(C)(C)C)c(C)c1. The molecular weight excluding hydrogens is 779 g/mol. The zero-order valence-electron chi connectivity index (χ0n) is 37.3. The number of nitrogens with one attached hydrogen (secondary N) is 1. The first-order chi connectivity index (χ1) is 25.3. The first-order valence-electron chi connectivity index (χ1n) is 20.0. The van der Waals surface area contributed by atoms with Gasteiger partial charge in [0.25, 0.3) is 5.88 Å². The minimum absolute atomic E-state index is 0.00729. The Morgan fingerprint density at radius 3 is 1.82 bits per heavy atom. The van der Waals surface area contributed by atoms with Crippen LogP contribution in [0.3, 0.4) is 0 Å². The number of hydrogen-bond acceptors (Lipinski definition) is 11. The zero-order chi connectivity index (χ0) is 42.2. The molecule has 12 nitrogen and oxygen atoms in total. The Morgan fingerprint density at radius 1 is 0.804 bits per heavy atom. The average Bonchev–Trinajstić information content (AvgIpc) is 3.62. The topological polar surface area (TPSA) is 136 Å². The third-order valence-electron chi connectivity index (χ3n) is 12.8. The van der Waals surface area contributed by atoms with E-state index in [2.05, 4.69) is 112 Å². The van der Waals surface area contributed by atoms with Crippen LogP contribution in [0.1, 0.15) is 98.1 Å². The molecule has 2 aliphatic rings. The first-order valence-corrected chi connectivity index (χ1v) is 30.2. The molecule has 1 aromatic carbocycles. The van der Waals surface area contributed by atoms with Gasteiger partial charge >= 0.3 is 10.1 Å². The molecule has 1 aliphatic heterocycles. The van der Waals surface area contributed by atoms with Crippen molar-refractivity contribution in [1.82, 2.24) is 19.5 Å². The molecule has 1 saturated heterocycles. The van der Waals surface area contributed by atoms with Gasteiger partial charge in [0.2, 0.25) is 5.95 Å². The van der Waals surface area contributed by atoms with Crippen molar-refractivity contribution in [2.24, 2.45) is 0 Å². The molecule has 0 radical (unpaired) electrons. The van der Waals surface area contributed by atoms with Crippen LogP contribution in [0.5, 0.6) is 5.88 Å². The van der Waals surface area contributed by atoms with Crippen LogP contribution >= 0.6 is 0 Å². The molecule has 0 unspecified atom stereocenters. The first kappa shape index (κ1) is 44.9. The highest BCUT2D eigenvalue weighted by molar-refractivity contribution is 7.87. The maximum atomic E-state index is 14.0. The molecule has 3 aromatic rings. The molecule has 5 rings (SSSR count). The minimum Gasteiger partial charge on any atom is -0.414 e. The quantitative estimate of drug-likeness (QED) is 0.130. The van der Waals surface area contributed by atoms with Crippen molar-refractivity contribution in [3.8, 4) is 5.88 Å². The molecule has 0 bridgehead atoms. The van der Waals surface area contributed by atoms with Crippen LogP contribution in [0.15, 0.2) is 23.4 Å². The molecule has 2 aromatic heterocycles. The number of aryl methyl sites for hydroxylation is 3. The number of aromatic nitrogens is 4. The molecule has 3 heterocycles. The molecule has 314 valence electrons. The monoisotopic (exact) mass is 847 g/mol. The fourth-order valence-electron chi connectivity index (χ4n) is 6.19. The van der Waals surface area contributed by atoms with Crippen molar-refractivity contribution in [3.05, 3.63) is 35.2 Å². The number of hydrogen-bond donors (Lipinski definition) is 1. The van der Waals surface area contributed by atoms with E-state index in [1.807, 2.05) is 23.6 Å². The molecule has 1 N–H and O–H groups in total. The van der Waals surface area contributed by atoms with Gasteiger partial charge < -0.3 is 27.5 Å². The van der Waals surface area contributed by atoms with E-state index in [1.54, 1.807) is 20.2 Å². The molecule has 1 aliphatic carbocycles. The summed E-state index contributed by atoms with van der Waals surface area (Å²) in [7, 11) is -11.3. The van der Waals surface area contributed by atoms with Gasteiger partial charge in [-0.1, -0.05) is 80.0 Å². The second-order valence-corrected chi connectivity index (χ2v) is 36.5. The Kier molecular flexibility index (Phi) is 12.1. The fourth-order valence-corrected chi connectivity index (χ4v) is 11.1. The van der Waals surface area contributed by atoms with Crippen molar-refractivity contribution in [2.75, 3.05) is 11.9 Å². The lowest BCUT2D eigenvalue weighted by Gasteiger charge is -2.44. The number of anilines is 1. The predicted molar refractivity (Wildman–Crippen MR) is 232 cm³/mol. The predicted octanol–water partition coefficient (Wildman–Crippen LogP) is 9.79. The highest BCUT2D eigenvalue weighted by Crippen LogP contribution is 2.47. The van der Waals surface area contributed by atoms with Crippen molar-refractivity contribution in [3.63, 3.8) is 0 Å². The van der Waals surface area contributed by atoms with Crippen LogP contribution in [0.25, 0.3) is 11.2 Å². The lowest BCUT2D eigenvalue weighted by atomic mass is 10.1. The smallest absolute Gasteiger partial charge is 0.341 e. The van der Waals surface area contributed by atoms with Gasteiger partial charge in [0.15, 0.2) is 42.3 Å². The Hall–Kier alpha value is -2.19. The summed E-state index contributed by atoms with van der Waals surface area (Å²) in [5, 5.41) is 3.16. The number of benzene rings is 1. The van der Waals surface area contributed by atoms with Gasteiger partial charge in [-0.05, 0) is 99.1 Å². The summed E-state index contributed by atoms with van der Waals surface area (Å²) >= 11 is 0. The van der Waals surface area contributed by atoms with Gasteiger partial charge in [-0.25, -0.2) is 4.98 Å². The Labute approximate surface area is 339 Å². The van der Waals surface area contributed by atoms with E-state index >= 15 is 0 Å². The fraction of sp³-hybridized carbons (Fsp3) is 0.725. The van der Waals surface area contributed by atoms with Gasteiger partial charge in [0.05, 0.1) is 12.9 Å². The Morgan fingerprint density at radius 2 is 1.32 bits per heavy atom. The van der Waals surface area contributed by atoms with Crippen LogP contribution in [0.2, 0.25) is 54.4 Å². The number of nitrogens with zero attached hydrogens (tertiary/aromatic N) is 4. The number of fused-ring (bicyclic) bond motifs is 1. The molecule has 1 saturated carbocycles. The van der Waals surface area contributed by atoms with E-state index in [0.29, 0.717) is 23.4 Å². The maximum Gasteiger partial charge on any atom is 0.341 e. The normalized spacial score (nSPS) is 21.9. The molecule has 2 fully saturated rings. The highest BCUT2D eigenvalue weighted by Gasteiger charge is 2.55. The summed E-state index contributed by atoms with van der Waals surface area (Å²) in [6, 6.07) is 3.86. The largest absolute Gasteiger partial charge is 0.414 e. The van der Waals surface area contributed by atoms with Gasteiger partial charge in [-0.3, -0.25) is 4.57 Å². The minimum atomic E-state index is -4.30. The van der Waals surface area contributed by atoms with E-state index in [9.17, 15) is 8.42 Å². The maximum absolute atomic E-state index is 14.0. The Bertz CT molecular complexity index is 2010. The summed E-state index contributed by atoms with van der Waals surface area (Å²) in [6.07, 6.45) is 1.34. The van der Waals surface area contributed by atoms with E-state index in [0.717, 1.165) is 18.4 Å². The van der Waals surface area contributed by atoms with Crippen LogP contribution in [0, 0.1) is 20.8 Å². The third-order valence-corrected chi connectivity index (χ3v) is 27.8. The van der Waals surface area contributed by atoms with Crippen LogP contribution < -0.4 is 9.50 Å². The van der Waals surface area contributed by atoms with Crippen LogP contribution in [-0.4, -0.2) is 83.8 Å². The van der Waals surface area contributed by atoms with Gasteiger partial charge in [-0.2, -0.15) is 18.4 Å². The highest BCUT2D eigenvalue weighted by atomic mass is 32.2. The molecule has 0 amide bonds. The van der Waals surface area contributed by atoms with Crippen molar-refractivity contribution >= 4 is 52.2 Å². The lowest BCUT2D eigenvalue weighted by Crippen LogP contribution is -2.54. The third kappa shape index (κ3) is 9.32. The molecule has 16 heteroatoms. The summed E-state index contributed by atoms with van der Waals surface area (Å²) in [4.78, 5) is 14.4. The zero-order valence-corrected chi connectivity index (χ0v) is 41.1. The van der Waals surface area contributed by atoms with Crippen molar-refractivity contribution in [2.45, 2.75) is 186 Å². The van der Waals surface area contributed by atoms with Crippen LogP contribution in [-0.2, 0) is 28.1 Å². The lowest BCUT2D eigenvalue weighted by molar-refractivity contribution is -0.0470. The van der Waals surface area contributed by atoms with Gasteiger partial charge in [0, 0.05) is 6.04 Å². The van der Waals surface area contributed by atoms with Crippen molar-refractivity contribution < 1.29 is 30.6 Å². The molecular formula is C40H69N5O7SSi3. The second kappa shape index (κ2) is 15.1.